The van der Waals surface area contributed by atoms with Gasteiger partial charge in [-0.3, -0.25) is 9.59 Å². The minimum Gasteiger partial charge on any atom is -0.494 e. The van der Waals surface area contributed by atoms with Crippen molar-refractivity contribution in [3.63, 3.8) is 0 Å². The number of carbonyl (C=O) groups is 2. The third kappa shape index (κ3) is 5.63. The first-order chi connectivity index (χ1) is 15.0. The fourth-order valence-electron chi connectivity index (χ4n) is 3.09. The second-order valence-corrected chi connectivity index (χ2v) is 6.83. The molecule has 3 aromatic carbocycles. The largest absolute Gasteiger partial charge is 0.494 e. The Morgan fingerprint density at radius 1 is 0.806 bits per heavy atom. The highest BCUT2D eigenvalue weighted by Gasteiger charge is 2.15. The molecule has 0 atom stereocenters. The van der Waals surface area contributed by atoms with Gasteiger partial charge in [-0.25, -0.2) is 0 Å². The van der Waals surface area contributed by atoms with Crippen molar-refractivity contribution in [1.82, 2.24) is 0 Å². The molecule has 0 radical (unpaired) electrons. The number of hydrogen-bond acceptors (Lipinski definition) is 4. The van der Waals surface area contributed by atoms with E-state index >= 15 is 0 Å². The van der Waals surface area contributed by atoms with Gasteiger partial charge < -0.3 is 20.1 Å². The van der Waals surface area contributed by atoms with Gasteiger partial charge in [-0.15, -0.1) is 0 Å². The van der Waals surface area contributed by atoms with Gasteiger partial charge in [0.05, 0.1) is 18.8 Å². The molecular formula is C25H26N2O4. The Morgan fingerprint density at radius 2 is 1.55 bits per heavy atom. The molecule has 0 aliphatic heterocycles. The predicted octanol–water partition coefficient (Wildman–Crippen LogP) is 5.30. The maximum Gasteiger partial charge on any atom is 0.259 e. The lowest BCUT2D eigenvalue weighted by molar-refractivity contribution is 0.101. The Hall–Kier alpha value is -3.80. The van der Waals surface area contributed by atoms with Crippen LogP contribution in [0, 0.1) is 6.92 Å². The average molecular weight is 418 g/mol. The van der Waals surface area contributed by atoms with Gasteiger partial charge in [-0.05, 0) is 68.8 Å². The Labute approximate surface area is 182 Å². The van der Waals surface area contributed by atoms with Crippen LogP contribution in [0.5, 0.6) is 11.5 Å². The van der Waals surface area contributed by atoms with Gasteiger partial charge in [-0.1, -0.05) is 18.2 Å². The lowest BCUT2D eigenvalue weighted by Gasteiger charge is -2.14. The maximum atomic E-state index is 12.8. The summed E-state index contributed by atoms with van der Waals surface area (Å²) in [5.74, 6) is 0.648. The van der Waals surface area contributed by atoms with E-state index in [1.165, 1.54) is 0 Å². The summed E-state index contributed by atoms with van der Waals surface area (Å²) in [6.07, 6.45) is 0. The third-order valence-corrected chi connectivity index (χ3v) is 4.58. The molecule has 2 N–H and O–H groups in total. The van der Waals surface area contributed by atoms with E-state index in [4.69, 9.17) is 9.47 Å². The number of ether oxygens (including phenoxy) is 2. The van der Waals surface area contributed by atoms with Crippen LogP contribution in [0.3, 0.4) is 0 Å². The Balaban J connectivity index is 1.73. The summed E-state index contributed by atoms with van der Waals surface area (Å²) < 4.78 is 11.1. The number of hydrogen-bond donors (Lipinski definition) is 2. The quantitative estimate of drug-likeness (QED) is 0.521. The van der Waals surface area contributed by atoms with Gasteiger partial charge in [0.2, 0.25) is 0 Å². The maximum absolute atomic E-state index is 12.8. The second kappa shape index (κ2) is 10.3. The van der Waals surface area contributed by atoms with E-state index in [1.54, 1.807) is 42.5 Å². The van der Waals surface area contributed by atoms with Crippen molar-refractivity contribution in [1.29, 1.82) is 0 Å². The standard InChI is InChI=1S/C25H26N2O4/c1-4-30-20-12-13-21(23(16-20)31-5-2)25(29)26-19-11-14-22(17(3)15-19)27-24(28)18-9-7-6-8-10-18/h6-16H,4-5H2,1-3H3,(H,26,29)(H,27,28). The van der Waals surface area contributed by atoms with Crippen LogP contribution in [0.1, 0.15) is 40.1 Å². The van der Waals surface area contributed by atoms with Crippen LogP contribution in [0.15, 0.2) is 66.7 Å². The number of anilines is 2. The monoisotopic (exact) mass is 418 g/mol. The Morgan fingerprint density at radius 3 is 2.23 bits per heavy atom. The molecule has 6 nitrogen and oxygen atoms in total. The number of aryl methyl sites for hydroxylation is 1. The van der Waals surface area contributed by atoms with Crippen molar-refractivity contribution < 1.29 is 19.1 Å². The van der Waals surface area contributed by atoms with Gasteiger partial charge in [0, 0.05) is 23.0 Å². The number of rotatable bonds is 8. The summed E-state index contributed by atoms with van der Waals surface area (Å²) in [7, 11) is 0. The fourth-order valence-corrected chi connectivity index (χ4v) is 3.09. The van der Waals surface area contributed by atoms with Crippen molar-refractivity contribution in [3.05, 3.63) is 83.4 Å². The van der Waals surface area contributed by atoms with Gasteiger partial charge in [0.1, 0.15) is 11.5 Å². The van der Waals surface area contributed by atoms with E-state index in [0.29, 0.717) is 47.2 Å². The van der Waals surface area contributed by atoms with Crippen molar-refractivity contribution in [2.24, 2.45) is 0 Å². The van der Waals surface area contributed by atoms with Gasteiger partial charge in [0.15, 0.2) is 0 Å². The fraction of sp³-hybridized carbons (Fsp3) is 0.200. The number of benzene rings is 3. The van der Waals surface area contributed by atoms with Gasteiger partial charge in [-0.2, -0.15) is 0 Å². The first kappa shape index (κ1) is 21.9. The lowest BCUT2D eigenvalue weighted by atomic mass is 10.1. The Kier molecular flexibility index (Phi) is 7.27. The van der Waals surface area contributed by atoms with Crippen LogP contribution in [0.25, 0.3) is 0 Å². The van der Waals surface area contributed by atoms with E-state index in [0.717, 1.165) is 5.56 Å². The molecule has 3 rings (SSSR count). The van der Waals surface area contributed by atoms with E-state index < -0.39 is 0 Å². The molecule has 0 heterocycles. The molecule has 0 aliphatic carbocycles. The summed E-state index contributed by atoms with van der Waals surface area (Å²) in [6, 6.07) is 19.5. The van der Waals surface area contributed by atoms with Crippen LogP contribution in [-0.2, 0) is 0 Å². The highest BCUT2D eigenvalue weighted by Crippen LogP contribution is 2.27. The molecule has 31 heavy (non-hydrogen) atoms. The molecule has 0 saturated carbocycles. The molecule has 0 aliphatic rings. The molecule has 6 heteroatoms. The molecule has 0 bridgehead atoms. The zero-order valence-corrected chi connectivity index (χ0v) is 17.9. The van der Waals surface area contributed by atoms with Crippen LogP contribution < -0.4 is 20.1 Å². The lowest BCUT2D eigenvalue weighted by Crippen LogP contribution is -2.15. The summed E-state index contributed by atoms with van der Waals surface area (Å²) in [5.41, 5.74) is 3.14. The van der Waals surface area contributed by atoms with Crippen LogP contribution in [0.2, 0.25) is 0 Å². The first-order valence-corrected chi connectivity index (χ1v) is 10.2. The summed E-state index contributed by atoms with van der Waals surface area (Å²) >= 11 is 0. The van der Waals surface area contributed by atoms with Gasteiger partial charge >= 0.3 is 0 Å². The zero-order valence-electron chi connectivity index (χ0n) is 17.9. The number of amides is 2. The smallest absolute Gasteiger partial charge is 0.259 e. The predicted molar refractivity (Wildman–Crippen MR) is 122 cm³/mol. The normalized spacial score (nSPS) is 10.3. The SMILES string of the molecule is CCOc1ccc(C(=O)Nc2ccc(NC(=O)c3ccccc3)c(C)c2)c(OCC)c1. The van der Waals surface area contributed by atoms with Crippen LogP contribution >= 0.6 is 0 Å². The van der Waals surface area contributed by atoms with Crippen molar-refractivity contribution >= 4 is 23.2 Å². The van der Waals surface area contributed by atoms with Crippen molar-refractivity contribution in [2.45, 2.75) is 20.8 Å². The number of nitrogens with one attached hydrogen (secondary N) is 2. The van der Waals surface area contributed by atoms with Gasteiger partial charge in [0.25, 0.3) is 11.8 Å². The topological polar surface area (TPSA) is 76.7 Å². The summed E-state index contributed by atoms with van der Waals surface area (Å²) in [4.78, 5) is 25.2. The Bertz CT molecular complexity index is 1060. The summed E-state index contributed by atoms with van der Waals surface area (Å²) in [5, 5.41) is 5.79. The van der Waals surface area contributed by atoms with E-state index in [9.17, 15) is 9.59 Å². The first-order valence-electron chi connectivity index (χ1n) is 10.2. The van der Waals surface area contributed by atoms with E-state index in [2.05, 4.69) is 10.6 Å². The van der Waals surface area contributed by atoms with Crippen LogP contribution in [-0.4, -0.2) is 25.0 Å². The average Bonchev–Trinajstić information content (AvgIpc) is 2.77. The minimum absolute atomic E-state index is 0.184. The zero-order chi connectivity index (χ0) is 22.2. The van der Waals surface area contributed by atoms with E-state index in [-0.39, 0.29) is 11.8 Å². The molecule has 0 unspecified atom stereocenters. The molecule has 3 aromatic rings. The molecular weight excluding hydrogens is 392 g/mol. The highest BCUT2D eigenvalue weighted by atomic mass is 16.5. The molecule has 0 fully saturated rings. The third-order valence-electron chi connectivity index (χ3n) is 4.58. The summed E-state index contributed by atoms with van der Waals surface area (Å²) in [6.45, 7) is 6.60. The highest BCUT2D eigenvalue weighted by molar-refractivity contribution is 6.07. The molecule has 0 spiro atoms. The van der Waals surface area contributed by atoms with Crippen molar-refractivity contribution in [3.8, 4) is 11.5 Å². The molecule has 0 saturated heterocycles. The van der Waals surface area contributed by atoms with Crippen LogP contribution in [0.4, 0.5) is 11.4 Å². The number of carbonyl (C=O) groups excluding carboxylic acids is 2. The molecule has 2 amide bonds. The second-order valence-electron chi connectivity index (χ2n) is 6.83. The minimum atomic E-state index is -0.285. The molecule has 160 valence electrons. The van der Waals surface area contributed by atoms with E-state index in [1.807, 2.05) is 45.0 Å². The molecule has 0 aromatic heterocycles. The van der Waals surface area contributed by atoms with Crippen molar-refractivity contribution in [2.75, 3.05) is 23.8 Å².